The van der Waals surface area contributed by atoms with Gasteiger partial charge in [0, 0.05) is 6.54 Å². The van der Waals surface area contributed by atoms with Crippen LogP contribution in [-0.2, 0) is 13.1 Å². The van der Waals surface area contributed by atoms with Gasteiger partial charge in [0.25, 0.3) is 0 Å². The molecular formula is C19H22BrN3O2. The van der Waals surface area contributed by atoms with Gasteiger partial charge in [-0.3, -0.25) is 0 Å². The first-order chi connectivity index (χ1) is 12.2. The van der Waals surface area contributed by atoms with E-state index in [0.717, 1.165) is 38.4 Å². The van der Waals surface area contributed by atoms with Gasteiger partial charge in [0.2, 0.25) is 0 Å². The number of halogens is 1. The van der Waals surface area contributed by atoms with Gasteiger partial charge in [-0.2, -0.15) is 0 Å². The smallest absolute Gasteiger partial charge is 0.175 e. The summed E-state index contributed by atoms with van der Waals surface area (Å²) in [6, 6.07) is 12.1. The number of aromatic amines is 1. The molecule has 0 saturated heterocycles. The van der Waals surface area contributed by atoms with Gasteiger partial charge in [-0.1, -0.05) is 12.1 Å². The Morgan fingerprint density at radius 3 is 2.64 bits per heavy atom. The largest absolute Gasteiger partial charge is 0.490 e. The second-order valence-corrected chi connectivity index (χ2v) is 6.43. The molecule has 0 aliphatic heterocycles. The fourth-order valence-electron chi connectivity index (χ4n) is 2.69. The first-order valence-electron chi connectivity index (χ1n) is 8.43. The van der Waals surface area contributed by atoms with E-state index in [1.54, 1.807) is 0 Å². The molecule has 0 saturated carbocycles. The highest BCUT2D eigenvalue weighted by atomic mass is 79.9. The highest BCUT2D eigenvalue weighted by Gasteiger charge is 2.12. The lowest BCUT2D eigenvalue weighted by Crippen LogP contribution is -2.14. The number of benzene rings is 2. The second-order valence-electron chi connectivity index (χ2n) is 5.58. The number of nitrogens with one attached hydrogen (secondary N) is 2. The minimum Gasteiger partial charge on any atom is -0.490 e. The van der Waals surface area contributed by atoms with Crippen molar-refractivity contribution >= 4 is 27.0 Å². The first kappa shape index (κ1) is 17.8. The highest BCUT2D eigenvalue weighted by Crippen LogP contribution is 2.36. The van der Waals surface area contributed by atoms with E-state index in [2.05, 4.69) is 37.3 Å². The van der Waals surface area contributed by atoms with Crippen molar-refractivity contribution in [3.63, 3.8) is 0 Å². The summed E-state index contributed by atoms with van der Waals surface area (Å²) in [5, 5.41) is 3.42. The number of hydrogen-bond acceptors (Lipinski definition) is 4. The van der Waals surface area contributed by atoms with Crippen molar-refractivity contribution in [3.05, 3.63) is 52.3 Å². The maximum Gasteiger partial charge on any atom is 0.175 e. The molecule has 0 aliphatic carbocycles. The lowest BCUT2D eigenvalue weighted by Gasteiger charge is -2.14. The van der Waals surface area contributed by atoms with Crippen molar-refractivity contribution in [1.82, 2.24) is 15.3 Å². The fourth-order valence-corrected chi connectivity index (χ4v) is 3.29. The van der Waals surface area contributed by atoms with Crippen molar-refractivity contribution in [1.29, 1.82) is 0 Å². The molecule has 1 aromatic heterocycles. The quantitative estimate of drug-likeness (QED) is 0.584. The normalized spacial score (nSPS) is 11.0. The molecule has 6 heteroatoms. The molecule has 3 aromatic rings. The Kier molecular flexibility index (Phi) is 5.94. The Labute approximate surface area is 155 Å². The molecule has 0 aliphatic rings. The number of nitrogens with zero attached hydrogens (tertiary/aromatic N) is 1. The van der Waals surface area contributed by atoms with E-state index in [9.17, 15) is 0 Å². The Morgan fingerprint density at radius 1 is 1.08 bits per heavy atom. The van der Waals surface area contributed by atoms with Crippen molar-refractivity contribution in [2.45, 2.75) is 26.9 Å². The molecule has 0 atom stereocenters. The predicted octanol–water partition coefficient (Wildman–Crippen LogP) is 4.41. The monoisotopic (exact) mass is 403 g/mol. The Balaban J connectivity index is 1.67. The second kappa shape index (κ2) is 8.36. The molecule has 2 N–H and O–H groups in total. The number of para-hydroxylation sites is 2. The van der Waals surface area contributed by atoms with E-state index >= 15 is 0 Å². The van der Waals surface area contributed by atoms with Gasteiger partial charge in [-0.05, 0) is 59.6 Å². The van der Waals surface area contributed by atoms with Crippen LogP contribution in [0.4, 0.5) is 0 Å². The minimum absolute atomic E-state index is 0.600. The fraction of sp³-hybridized carbons (Fsp3) is 0.316. The summed E-state index contributed by atoms with van der Waals surface area (Å²) < 4.78 is 12.3. The number of H-pyrrole nitrogens is 1. The molecule has 0 fully saturated rings. The van der Waals surface area contributed by atoms with Gasteiger partial charge in [-0.25, -0.2) is 4.98 Å². The summed E-state index contributed by atoms with van der Waals surface area (Å²) in [7, 11) is 0. The SMILES string of the molecule is CCOc1cc(CNCc2nc3ccccc3[nH]2)cc(Br)c1OCC. The van der Waals surface area contributed by atoms with Gasteiger partial charge in [0.05, 0.1) is 35.3 Å². The molecule has 0 bridgehead atoms. The third-order valence-electron chi connectivity index (χ3n) is 3.72. The van der Waals surface area contributed by atoms with E-state index in [1.165, 1.54) is 0 Å². The van der Waals surface area contributed by atoms with E-state index < -0.39 is 0 Å². The molecule has 2 aromatic carbocycles. The highest BCUT2D eigenvalue weighted by molar-refractivity contribution is 9.10. The molecule has 0 unspecified atom stereocenters. The first-order valence-corrected chi connectivity index (χ1v) is 9.23. The van der Waals surface area contributed by atoms with E-state index in [1.807, 2.05) is 44.2 Å². The van der Waals surface area contributed by atoms with Crippen LogP contribution in [0.25, 0.3) is 11.0 Å². The maximum absolute atomic E-state index is 5.71. The minimum atomic E-state index is 0.600. The summed E-state index contributed by atoms with van der Waals surface area (Å²) in [5.74, 6) is 2.45. The van der Waals surface area contributed by atoms with Crippen LogP contribution in [0.5, 0.6) is 11.5 Å². The summed E-state index contributed by atoms with van der Waals surface area (Å²) >= 11 is 3.58. The molecular weight excluding hydrogens is 382 g/mol. The molecule has 25 heavy (non-hydrogen) atoms. The van der Waals surface area contributed by atoms with Crippen LogP contribution in [0.2, 0.25) is 0 Å². The zero-order chi connectivity index (χ0) is 17.6. The van der Waals surface area contributed by atoms with Crippen LogP contribution in [0.1, 0.15) is 25.2 Å². The van der Waals surface area contributed by atoms with Crippen molar-refractivity contribution in [3.8, 4) is 11.5 Å². The molecule has 0 radical (unpaired) electrons. The zero-order valence-electron chi connectivity index (χ0n) is 14.4. The van der Waals surface area contributed by atoms with Crippen LogP contribution in [0.15, 0.2) is 40.9 Å². The summed E-state index contributed by atoms with van der Waals surface area (Å²) in [5.41, 5.74) is 3.17. The van der Waals surface area contributed by atoms with Gasteiger partial charge in [-0.15, -0.1) is 0 Å². The number of hydrogen-bond donors (Lipinski definition) is 2. The topological polar surface area (TPSA) is 59.2 Å². The average Bonchev–Trinajstić information content (AvgIpc) is 3.01. The van der Waals surface area contributed by atoms with Crippen LogP contribution >= 0.6 is 15.9 Å². The van der Waals surface area contributed by atoms with E-state index in [4.69, 9.17) is 9.47 Å². The Hall–Kier alpha value is -2.05. The number of aromatic nitrogens is 2. The zero-order valence-corrected chi connectivity index (χ0v) is 16.0. The number of imidazole rings is 1. The predicted molar refractivity (Wildman–Crippen MR) is 103 cm³/mol. The molecule has 0 spiro atoms. The average molecular weight is 404 g/mol. The van der Waals surface area contributed by atoms with E-state index in [-0.39, 0.29) is 0 Å². The van der Waals surface area contributed by atoms with Crippen molar-refractivity contribution in [2.75, 3.05) is 13.2 Å². The van der Waals surface area contributed by atoms with Gasteiger partial charge in [0.15, 0.2) is 11.5 Å². The molecule has 1 heterocycles. The van der Waals surface area contributed by atoms with E-state index in [0.29, 0.717) is 26.3 Å². The third-order valence-corrected chi connectivity index (χ3v) is 4.31. The van der Waals surface area contributed by atoms with Crippen molar-refractivity contribution < 1.29 is 9.47 Å². The lowest BCUT2D eigenvalue weighted by molar-refractivity contribution is 0.286. The van der Waals surface area contributed by atoms with Crippen LogP contribution in [0, 0.1) is 0 Å². The summed E-state index contributed by atoms with van der Waals surface area (Å²) in [6.45, 7) is 6.51. The van der Waals surface area contributed by atoms with Gasteiger partial charge < -0.3 is 19.8 Å². The molecule has 5 nitrogen and oxygen atoms in total. The van der Waals surface area contributed by atoms with Crippen LogP contribution < -0.4 is 14.8 Å². The number of ether oxygens (including phenoxy) is 2. The summed E-state index contributed by atoms with van der Waals surface area (Å²) in [4.78, 5) is 7.90. The Bertz CT molecular complexity index is 815. The molecule has 0 amide bonds. The lowest BCUT2D eigenvalue weighted by atomic mass is 10.2. The number of rotatable bonds is 8. The number of fused-ring (bicyclic) bond motifs is 1. The molecule has 3 rings (SSSR count). The maximum atomic E-state index is 5.71. The third kappa shape index (κ3) is 4.32. The Morgan fingerprint density at radius 2 is 1.88 bits per heavy atom. The summed E-state index contributed by atoms with van der Waals surface area (Å²) in [6.07, 6.45) is 0. The van der Waals surface area contributed by atoms with Crippen LogP contribution in [0.3, 0.4) is 0 Å². The van der Waals surface area contributed by atoms with Gasteiger partial charge >= 0.3 is 0 Å². The van der Waals surface area contributed by atoms with Crippen molar-refractivity contribution in [2.24, 2.45) is 0 Å². The van der Waals surface area contributed by atoms with Crippen LogP contribution in [-0.4, -0.2) is 23.2 Å². The van der Waals surface area contributed by atoms with Gasteiger partial charge in [0.1, 0.15) is 5.82 Å². The molecule has 132 valence electrons. The standard InChI is InChI=1S/C19H22BrN3O2/c1-3-24-17-10-13(9-14(20)19(17)25-4-2)11-21-12-18-22-15-7-5-6-8-16(15)23-18/h5-10,21H,3-4,11-12H2,1-2H3,(H,22,23).